The fraction of sp³-hybridized carbons (Fsp3) is 0.733. The van der Waals surface area contributed by atoms with Gasteiger partial charge >= 0.3 is 0 Å². The van der Waals surface area contributed by atoms with Crippen LogP contribution in [0.1, 0.15) is 45.9 Å². The molecule has 0 aromatic carbocycles. The van der Waals surface area contributed by atoms with E-state index >= 15 is 0 Å². The fourth-order valence-corrected chi connectivity index (χ4v) is 2.28. The maximum Gasteiger partial charge on any atom is 0.135 e. The normalized spacial score (nSPS) is 21.6. The molecule has 106 valence electrons. The molecule has 1 N–H and O–H groups in total. The third-order valence-corrected chi connectivity index (χ3v) is 3.78. The zero-order valence-corrected chi connectivity index (χ0v) is 12.8. The lowest BCUT2D eigenvalue weighted by molar-refractivity contribution is 0.708. The predicted molar refractivity (Wildman–Crippen MR) is 80.8 cm³/mol. The van der Waals surface area contributed by atoms with Gasteiger partial charge < -0.3 is 10.2 Å². The van der Waals surface area contributed by atoms with E-state index in [1.807, 2.05) is 0 Å². The van der Waals surface area contributed by atoms with Gasteiger partial charge in [0.25, 0.3) is 0 Å². The number of hydrogen-bond acceptors (Lipinski definition) is 4. The summed E-state index contributed by atoms with van der Waals surface area (Å²) < 4.78 is 0. The lowest BCUT2D eigenvalue weighted by Gasteiger charge is -2.20. The van der Waals surface area contributed by atoms with Crippen molar-refractivity contribution in [2.24, 2.45) is 11.8 Å². The molecule has 1 fully saturated rings. The van der Waals surface area contributed by atoms with Crippen LogP contribution in [0.3, 0.4) is 0 Å². The number of anilines is 2. The number of aromatic nitrogens is 2. The fourth-order valence-electron chi connectivity index (χ4n) is 2.28. The molecule has 2 unspecified atom stereocenters. The first-order chi connectivity index (χ1) is 9.01. The van der Waals surface area contributed by atoms with E-state index in [2.05, 4.69) is 56.0 Å². The summed E-state index contributed by atoms with van der Waals surface area (Å²) in [6, 6.07) is 2.06. The molecule has 1 aliphatic carbocycles. The van der Waals surface area contributed by atoms with E-state index in [0.717, 1.165) is 42.4 Å². The van der Waals surface area contributed by atoms with Gasteiger partial charge in [-0.25, -0.2) is 9.97 Å². The zero-order valence-electron chi connectivity index (χ0n) is 12.8. The van der Waals surface area contributed by atoms with Gasteiger partial charge in [0.05, 0.1) is 0 Å². The topological polar surface area (TPSA) is 41.0 Å². The number of nitrogens with zero attached hydrogens (tertiary/aromatic N) is 3. The van der Waals surface area contributed by atoms with Crippen LogP contribution in [0.2, 0.25) is 0 Å². The minimum absolute atomic E-state index is 0.352. The van der Waals surface area contributed by atoms with Crippen LogP contribution in [-0.4, -0.2) is 30.1 Å². The van der Waals surface area contributed by atoms with Gasteiger partial charge in [-0.1, -0.05) is 20.8 Å². The van der Waals surface area contributed by atoms with Crippen molar-refractivity contribution in [2.75, 3.05) is 30.4 Å². The van der Waals surface area contributed by atoms with Crippen molar-refractivity contribution >= 4 is 11.6 Å². The van der Waals surface area contributed by atoms with Crippen LogP contribution in [0.5, 0.6) is 0 Å². The molecule has 4 nitrogen and oxygen atoms in total. The highest BCUT2D eigenvalue weighted by Crippen LogP contribution is 2.38. The lowest BCUT2D eigenvalue weighted by Crippen LogP contribution is -2.23. The van der Waals surface area contributed by atoms with Crippen molar-refractivity contribution in [3.63, 3.8) is 0 Å². The molecule has 1 aromatic rings. The Morgan fingerprint density at radius 1 is 1.42 bits per heavy atom. The molecule has 2 rings (SSSR count). The van der Waals surface area contributed by atoms with E-state index < -0.39 is 0 Å². The Hall–Kier alpha value is -1.32. The van der Waals surface area contributed by atoms with Crippen LogP contribution in [0.15, 0.2) is 6.07 Å². The molecular formula is C15H26N4. The second-order valence-corrected chi connectivity index (χ2v) is 6.01. The van der Waals surface area contributed by atoms with Gasteiger partial charge in [-0.3, -0.25) is 0 Å². The summed E-state index contributed by atoms with van der Waals surface area (Å²) in [5, 5.41) is 3.30. The molecule has 0 saturated heterocycles. The average molecular weight is 262 g/mol. The van der Waals surface area contributed by atoms with Crippen LogP contribution in [0, 0.1) is 11.8 Å². The third-order valence-electron chi connectivity index (χ3n) is 3.78. The Morgan fingerprint density at radius 2 is 2.11 bits per heavy atom. The van der Waals surface area contributed by atoms with Crippen LogP contribution in [0.25, 0.3) is 0 Å². The summed E-state index contributed by atoms with van der Waals surface area (Å²) in [6.45, 7) is 10.7. The van der Waals surface area contributed by atoms with E-state index in [4.69, 9.17) is 4.98 Å². The van der Waals surface area contributed by atoms with Crippen molar-refractivity contribution in [1.82, 2.24) is 9.97 Å². The molecule has 1 saturated carbocycles. The molecule has 1 heterocycles. The van der Waals surface area contributed by atoms with Gasteiger partial charge in [0.2, 0.25) is 0 Å². The molecule has 1 aromatic heterocycles. The Bertz CT molecular complexity index is 430. The molecule has 4 heteroatoms. The summed E-state index contributed by atoms with van der Waals surface area (Å²) in [5.41, 5.74) is 0. The van der Waals surface area contributed by atoms with Gasteiger partial charge in [-0.15, -0.1) is 0 Å². The third kappa shape index (κ3) is 3.58. The Kier molecular flexibility index (Phi) is 4.27. The largest absolute Gasteiger partial charge is 0.370 e. The van der Waals surface area contributed by atoms with E-state index in [9.17, 15) is 0 Å². The SMILES string of the molecule is CCNc1cc(N(C)CC2CC2C)nc(C(C)C)n1. The van der Waals surface area contributed by atoms with Gasteiger partial charge in [0, 0.05) is 32.1 Å². The smallest absolute Gasteiger partial charge is 0.135 e. The van der Waals surface area contributed by atoms with Crippen molar-refractivity contribution in [2.45, 2.75) is 40.0 Å². The average Bonchev–Trinajstić information content (AvgIpc) is 3.04. The summed E-state index contributed by atoms with van der Waals surface area (Å²) in [5.74, 6) is 4.96. The Labute approximate surface area is 116 Å². The summed E-state index contributed by atoms with van der Waals surface area (Å²) in [7, 11) is 2.13. The first-order valence-electron chi connectivity index (χ1n) is 7.35. The van der Waals surface area contributed by atoms with Crippen molar-refractivity contribution in [1.29, 1.82) is 0 Å². The molecule has 19 heavy (non-hydrogen) atoms. The zero-order chi connectivity index (χ0) is 14.0. The monoisotopic (exact) mass is 262 g/mol. The Balaban J connectivity index is 2.17. The number of nitrogens with one attached hydrogen (secondary N) is 1. The summed E-state index contributed by atoms with van der Waals surface area (Å²) in [4.78, 5) is 11.5. The molecule has 0 spiro atoms. The van der Waals surface area contributed by atoms with E-state index in [1.54, 1.807) is 0 Å². The number of hydrogen-bond donors (Lipinski definition) is 1. The second-order valence-electron chi connectivity index (χ2n) is 6.01. The predicted octanol–water partition coefficient (Wildman–Crippen LogP) is 3.12. The van der Waals surface area contributed by atoms with Crippen LogP contribution < -0.4 is 10.2 Å². The van der Waals surface area contributed by atoms with E-state index in [1.165, 1.54) is 6.42 Å². The highest BCUT2D eigenvalue weighted by atomic mass is 15.2. The molecule has 0 amide bonds. The van der Waals surface area contributed by atoms with Gasteiger partial charge in [0.15, 0.2) is 0 Å². The maximum absolute atomic E-state index is 4.70. The Morgan fingerprint density at radius 3 is 2.63 bits per heavy atom. The standard InChI is InChI=1S/C15H26N4/c1-6-16-13-8-14(18-15(17-13)10(2)3)19(5)9-12-7-11(12)4/h8,10-12H,6-7,9H2,1-5H3,(H,16,17,18). The van der Waals surface area contributed by atoms with Crippen LogP contribution >= 0.6 is 0 Å². The molecule has 0 aliphatic heterocycles. The second kappa shape index (κ2) is 5.76. The minimum atomic E-state index is 0.352. The van der Waals surface area contributed by atoms with Crippen molar-refractivity contribution in [3.8, 4) is 0 Å². The summed E-state index contributed by atoms with van der Waals surface area (Å²) >= 11 is 0. The van der Waals surface area contributed by atoms with Crippen LogP contribution in [0.4, 0.5) is 11.6 Å². The molecule has 0 radical (unpaired) electrons. The van der Waals surface area contributed by atoms with Gasteiger partial charge in [-0.2, -0.15) is 0 Å². The highest BCUT2D eigenvalue weighted by Gasteiger charge is 2.33. The lowest BCUT2D eigenvalue weighted by atomic mass is 10.2. The van der Waals surface area contributed by atoms with E-state index in [0.29, 0.717) is 5.92 Å². The molecule has 1 aliphatic rings. The van der Waals surface area contributed by atoms with Gasteiger partial charge in [-0.05, 0) is 25.2 Å². The first kappa shape index (κ1) is 14.1. The van der Waals surface area contributed by atoms with Crippen molar-refractivity contribution < 1.29 is 0 Å². The molecule has 2 atom stereocenters. The molecular weight excluding hydrogens is 236 g/mol. The van der Waals surface area contributed by atoms with E-state index in [-0.39, 0.29) is 0 Å². The van der Waals surface area contributed by atoms with Crippen molar-refractivity contribution in [3.05, 3.63) is 11.9 Å². The minimum Gasteiger partial charge on any atom is -0.370 e. The quantitative estimate of drug-likeness (QED) is 0.855. The maximum atomic E-state index is 4.70. The summed E-state index contributed by atoms with van der Waals surface area (Å²) in [6.07, 6.45) is 1.35. The van der Waals surface area contributed by atoms with Gasteiger partial charge in [0.1, 0.15) is 17.5 Å². The van der Waals surface area contributed by atoms with Crippen LogP contribution in [-0.2, 0) is 0 Å². The number of rotatable bonds is 6. The molecule has 0 bridgehead atoms. The first-order valence-corrected chi connectivity index (χ1v) is 7.35. The highest BCUT2D eigenvalue weighted by molar-refractivity contribution is 5.49.